The van der Waals surface area contributed by atoms with Crippen molar-refractivity contribution >= 4 is 17.9 Å². The number of nitrogens with zero attached hydrogens (tertiary/aromatic N) is 1. The third-order valence-corrected chi connectivity index (χ3v) is 6.10. The number of hydrogen-bond donors (Lipinski definition) is 2. The second kappa shape index (κ2) is 14.4. The summed E-state index contributed by atoms with van der Waals surface area (Å²) in [6, 6.07) is 6.10. The highest BCUT2D eigenvalue weighted by atomic mass is 16.6. The van der Waals surface area contributed by atoms with Crippen LogP contribution in [0.3, 0.4) is 0 Å². The fourth-order valence-corrected chi connectivity index (χ4v) is 4.12. The van der Waals surface area contributed by atoms with Crippen LogP contribution in [-0.4, -0.2) is 46.5 Å². The molecule has 1 rings (SSSR count). The first-order chi connectivity index (χ1) is 17.1. The SMILES string of the molecule is CCCCCCN(C(=O)C(NC(=O)OC(C)(C)C)C(C)CC)C(C(=O)NC(C)(C)C)c1cccc(C)c1. The lowest BCUT2D eigenvalue weighted by Gasteiger charge is -2.37. The summed E-state index contributed by atoms with van der Waals surface area (Å²) in [6.07, 6.45) is 3.88. The van der Waals surface area contributed by atoms with Crippen LogP contribution in [0.25, 0.3) is 0 Å². The summed E-state index contributed by atoms with van der Waals surface area (Å²) < 4.78 is 5.48. The van der Waals surface area contributed by atoms with Crippen LogP contribution in [0.15, 0.2) is 24.3 Å². The van der Waals surface area contributed by atoms with Gasteiger partial charge in [-0.15, -0.1) is 0 Å². The molecule has 3 atom stereocenters. The van der Waals surface area contributed by atoms with E-state index in [0.717, 1.165) is 36.8 Å². The highest BCUT2D eigenvalue weighted by Crippen LogP contribution is 2.27. The molecule has 0 saturated carbocycles. The highest BCUT2D eigenvalue weighted by Gasteiger charge is 2.38. The third-order valence-electron chi connectivity index (χ3n) is 6.10. The number of carbonyl (C=O) groups excluding carboxylic acids is 3. The molecule has 7 heteroatoms. The van der Waals surface area contributed by atoms with Gasteiger partial charge in [-0.1, -0.05) is 76.3 Å². The van der Waals surface area contributed by atoms with E-state index in [1.807, 2.05) is 65.8 Å². The molecule has 1 aromatic rings. The van der Waals surface area contributed by atoms with Gasteiger partial charge in [-0.05, 0) is 66.4 Å². The van der Waals surface area contributed by atoms with Gasteiger partial charge in [-0.2, -0.15) is 0 Å². The molecule has 3 amide bonds. The molecule has 0 spiro atoms. The number of benzene rings is 1. The minimum absolute atomic E-state index is 0.151. The van der Waals surface area contributed by atoms with Gasteiger partial charge < -0.3 is 20.3 Å². The standard InChI is InChI=1S/C30H51N3O4/c1-11-13-14-15-19-33(27(35)24(22(4)12-2)31-28(36)37-30(8,9)10)25(26(34)32-29(5,6)7)23-18-16-17-21(3)20-23/h16-18,20,22,24-25H,11-15,19H2,1-10H3,(H,31,36)(H,32,34). The summed E-state index contributed by atoms with van der Waals surface area (Å²) in [4.78, 5) is 42.4. The molecule has 210 valence electrons. The van der Waals surface area contributed by atoms with Crippen LogP contribution in [0.2, 0.25) is 0 Å². The number of ether oxygens (including phenoxy) is 1. The zero-order valence-electron chi connectivity index (χ0n) is 24.9. The summed E-state index contributed by atoms with van der Waals surface area (Å²) in [7, 11) is 0. The Hall–Kier alpha value is -2.57. The van der Waals surface area contributed by atoms with E-state index in [2.05, 4.69) is 17.6 Å². The van der Waals surface area contributed by atoms with Crippen molar-refractivity contribution in [3.8, 4) is 0 Å². The molecule has 0 aliphatic heterocycles. The molecule has 3 unspecified atom stereocenters. The van der Waals surface area contributed by atoms with E-state index >= 15 is 0 Å². The molecule has 0 fully saturated rings. The average Bonchev–Trinajstić information content (AvgIpc) is 2.76. The number of rotatable bonds is 12. The molecule has 7 nitrogen and oxygen atoms in total. The van der Waals surface area contributed by atoms with Crippen LogP contribution in [0.4, 0.5) is 4.79 Å². The van der Waals surface area contributed by atoms with Gasteiger partial charge in [0.25, 0.3) is 0 Å². The lowest BCUT2D eigenvalue weighted by molar-refractivity contribution is -0.144. The first kappa shape index (κ1) is 32.5. The van der Waals surface area contributed by atoms with Crippen molar-refractivity contribution in [2.45, 2.75) is 125 Å². The lowest BCUT2D eigenvalue weighted by Crippen LogP contribution is -2.56. The second-order valence-electron chi connectivity index (χ2n) is 12.2. The number of unbranched alkanes of at least 4 members (excludes halogenated alkanes) is 3. The first-order valence-electron chi connectivity index (χ1n) is 13.8. The lowest BCUT2D eigenvalue weighted by atomic mass is 9.94. The highest BCUT2D eigenvalue weighted by molar-refractivity contribution is 5.92. The predicted octanol–water partition coefficient (Wildman–Crippen LogP) is 6.30. The van der Waals surface area contributed by atoms with Crippen LogP contribution < -0.4 is 10.6 Å². The van der Waals surface area contributed by atoms with E-state index in [1.54, 1.807) is 25.7 Å². The summed E-state index contributed by atoms with van der Waals surface area (Å²) in [5.74, 6) is -0.656. The van der Waals surface area contributed by atoms with Crippen LogP contribution >= 0.6 is 0 Å². The average molecular weight is 518 g/mol. The van der Waals surface area contributed by atoms with Crippen molar-refractivity contribution in [1.29, 1.82) is 0 Å². The maximum absolute atomic E-state index is 14.3. The molecule has 0 heterocycles. The Morgan fingerprint density at radius 2 is 1.65 bits per heavy atom. The maximum atomic E-state index is 14.3. The molecule has 0 aliphatic carbocycles. The summed E-state index contributed by atoms with van der Waals surface area (Å²) in [5.41, 5.74) is 0.602. The monoisotopic (exact) mass is 517 g/mol. The Morgan fingerprint density at radius 3 is 2.16 bits per heavy atom. The van der Waals surface area contributed by atoms with E-state index in [-0.39, 0.29) is 17.7 Å². The van der Waals surface area contributed by atoms with E-state index in [4.69, 9.17) is 4.74 Å². The number of nitrogens with one attached hydrogen (secondary N) is 2. The van der Waals surface area contributed by atoms with Gasteiger partial charge in [0.15, 0.2) is 0 Å². The molecule has 0 aromatic heterocycles. The molecule has 0 aliphatic rings. The fourth-order valence-electron chi connectivity index (χ4n) is 4.12. The van der Waals surface area contributed by atoms with E-state index in [1.165, 1.54) is 0 Å². The smallest absolute Gasteiger partial charge is 0.408 e. The van der Waals surface area contributed by atoms with Crippen molar-refractivity contribution < 1.29 is 19.1 Å². The molecular weight excluding hydrogens is 466 g/mol. The van der Waals surface area contributed by atoms with Crippen LogP contribution in [-0.2, 0) is 14.3 Å². The van der Waals surface area contributed by atoms with Gasteiger partial charge in [0, 0.05) is 12.1 Å². The molecule has 37 heavy (non-hydrogen) atoms. The largest absolute Gasteiger partial charge is 0.444 e. The van der Waals surface area contributed by atoms with Crippen LogP contribution in [0.1, 0.15) is 112 Å². The number of amides is 3. The Balaban J connectivity index is 3.54. The van der Waals surface area contributed by atoms with E-state index in [9.17, 15) is 14.4 Å². The molecule has 1 aromatic carbocycles. The van der Waals surface area contributed by atoms with Crippen LogP contribution in [0, 0.1) is 12.8 Å². The zero-order valence-corrected chi connectivity index (χ0v) is 24.9. The number of aryl methyl sites for hydroxylation is 1. The van der Waals surface area contributed by atoms with Crippen LogP contribution in [0.5, 0.6) is 0 Å². The fraction of sp³-hybridized carbons (Fsp3) is 0.700. The predicted molar refractivity (Wildman–Crippen MR) is 150 cm³/mol. The summed E-state index contributed by atoms with van der Waals surface area (Å²) in [5, 5.41) is 5.91. The van der Waals surface area contributed by atoms with Gasteiger partial charge in [-0.3, -0.25) is 9.59 Å². The Morgan fingerprint density at radius 1 is 1.00 bits per heavy atom. The summed E-state index contributed by atoms with van der Waals surface area (Å²) in [6.45, 7) is 19.6. The number of alkyl carbamates (subject to hydrolysis) is 1. The molecule has 0 bridgehead atoms. The number of hydrogen-bond acceptors (Lipinski definition) is 4. The Bertz CT molecular complexity index is 886. The molecule has 2 N–H and O–H groups in total. The zero-order chi connectivity index (χ0) is 28.4. The molecule has 0 saturated heterocycles. The first-order valence-corrected chi connectivity index (χ1v) is 13.8. The normalized spacial score (nSPS) is 14.3. The van der Waals surface area contributed by atoms with Gasteiger partial charge in [0.2, 0.25) is 11.8 Å². The van der Waals surface area contributed by atoms with Crippen molar-refractivity contribution in [1.82, 2.24) is 15.5 Å². The van der Waals surface area contributed by atoms with Gasteiger partial charge in [0.1, 0.15) is 17.7 Å². The van der Waals surface area contributed by atoms with Gasteiger partial charge in [-0.25, -0.2) is 4.79 Å². The van der Waals surface area contributed by atoms with Gasteiger partial charge in [0.05, 0.1) is 0 Å². The third kappa shape index (κ3) is 11.6. The van der Waals surface area contributed by atoms with Crippen molar-refractivity contribution in [2.75, 3.05) is 6.54 Å². The Labute approximate surface area is 225 Å². The van der Waals surface area contributed by atoms with Crippen molar-refractivity contribution in [3.63, 3.8) is 0 Å². The van der Waals surface area contributed by atoms with Crippen molar-refractivity contribution in [2.24, 2.45) is 5.92 Å². The molecular formula is C30H51N3O4. The maximum Gasteiger partial charge on any atom is 0.408 e. The summed E-state index contributed by atoms with van der Waals surface area (Å²) >= 11 is 0. The van der Waals surface area contributed by atoms with E-state index < -0.39 is 29.3 Å². The topological polar surface area (TPSA) is 87.7 Å². The quantitative estimate of drug-likeness (QED) is 0.319. The number of carbonyl (C=O) groups is 3. The minimum Gasteiger partial charge on any atom is -0.444 e. The van der Waals surface area contributed by atoms with Gasteiger partial charge >= 0.3 is 6.09 Å². The minimum atomic E-state index is -0.819. The molecule has 0 radical (unpaired) electrons. The van der Waals surface area contributed by atoms with E-state index in [0.29, 0.717) is 13.0 Å². The second-order valence-corrected chi connectivity index (χ2v) is 12.2. The van der Waals surface area contributed by atoms with Crippen molar-refractivity contribution in [3.05, 3.63) is 35.4 Å². The Kier molecular flexibility index (Phi) is 12.6.